The lowest BCUT2D eigenvalue weighted by Gasteiger charge is -2.21. The first-order valence-electron chi connectivity index (χ1n) is 5.45. The lowest BCUT2D eigenvalue weighted by Crippen LogP contribution is -2.51. The molecule has 0 aliphatic carbocycles. The van der Waals surface area contributed by atoms with E-state index >= 15 is 0 Å². The minimum absolute atomic E-state index is 0.249. The molecule has 1 atom stereocenters. The van der Waals surface area contributed by atoms with E-state index in [2.05, 4.69) is 5.32 Å². The number of hydrogen-bond donors (Lipinski definition) is 2. The predicted molar refractivity (Wildman–Crippen MR) is 67.2 cm³/mol. The van der Waals surface area contributed by atoms with Crippen molar-refractivity contribution in [3.05, 3.63) is 28.8 Å². The van der Waals surface area contributed by atoms with Crippen molar-refractivity contribution in [3.63, 3.8) is 0 Å². The molecule has 3 N–H and O–H groups in total. The third-order valence-corrected chi connectivity index (χ3v) is 3.19. The van der Waals surface area contributed by atoms with Crippen molar-refractivity contribution >= 4 is 23.2 Å². The number of ether oxygens (including phenoxy) is 1. The zero-order chi connectivity index (χ0) is 12.5. The standard InChI is InChI=1S/C12H15ClN2O2/c1-8-2-3-10(9(13)6-8)15-11(16)12(14)4-5-17-7-12/h2-3,6H,4-5,7,14H2,1H3,(H,15,16). The second-order valence-electron chi connectivity index (χ2n) is 4.40. The van der Waals surface area contributed by atoms with Crippen molar-refractivity contribution in [2.75, 3.05) is 18.5 Å². The zero-order valence-electron chi connectivity index (χ0n) is 9.63. The molecule has 1 amide bonds. The average Bonchev–Trinajstić information content (AvgIpc) is 2.71. The normalized spacial score (nSPS) is 23.7. The molecule has 1 aliphatic heterocycles. The molecular formula is C12H15ClN2O2. The molecular weight excluding hydrogens is 240 g/mol. The Morgan fingerprint density at radius 1 is 1.59 bits per heavy atom. The summed E-state index contributed by atoms with van der Waals surface area (Å²) in [6, 6.07) is 5.45. The van der Waals surface area contributed by atoms with Crippen LogP contribution in [0.2, 0.25) is 5.02 Å². The Hall–Kier alpha value is -1.10. The predicted octanol–water partition coefficient (Wildman–Crippen LogP) is 1.70. The van der Waals surface area contributed by atoms with E-state index < -0.39 is 5.54 Å². The molecule has 1 heterocycles. The minimum atomic E-state index is -0.936. The van der Waals surface area contributed by atoms with Crippen LogP contribution in [-0.2, 0) is 9.53 Å². The summed E-state index contributed by atoms with van der Waals surface area (Å²) in [5, 5.41) is 3.26. The molecule has 1 aliphatic rings. The van der Waals surface area contributed by atoms with Gasteiger partial charge in [0, 0.05) is 6.61 Å². The number of halogens is 1. The maximum absolute atomic E-state index is 12.0. The highest BCUT2D eigenvalue weighted by Gasteiger charge is 2.38. The third-order valence-electron chi connectivity index (χ3n) is 2.88. The molecule has 17 heavy (non-hydrogen) atoms. The van der Waals surface area contributed by atoms with E-state index in [1.165, 1.54) is 0 Å². The second kappa shape index (κ2) is 4.64. The number of nitrogens with two attached hydrogens (primary N) is 1. The third kappa shape index (κ3) is 2.60. The molecule has 0 radical (unpaired) electrons. The van der Waals surface area contributed by atoms with Crippen molar-refractivity contribution < 1.29 is 9.53 Å². The van der Waals surface area contributed by atoms with Crippen molar-refractivity contribution in [3.8, 4) is 0 Å². The van der Waals surface area contributed by atoms with Crippen LogP contribution >= 0.6 is 11.6 Å². The monoisotopic (exact) mass is 254 g/mol. The van der Waals surface area contributed by atoms with Crippen LogP contribution < -0.4 is 11.1 Å². The van der Waals surface area contributed by atoms with Crippen molar-refractivity contribution in [2.24, 2.45) is 5.73 Å². The molecule has 0 saturated carbocycles. The van der Waals surface area contributed by atoms with E-state index in [1.807, 2.05) is 13.0 Å². The molecule has 0 spiro atoms. The van der Waals surface area contributed by atoms with Gasteiger partial charge >= 0.3 is 0 Å². The van der Waals surface area contributed by atoms with Gasteiger partial charge in [-0.25, -0.2) is 0 Å². The number of rotatable bonds is 2. The smallest absolute Gasteiger partial charge is 0.246 e. The fourth-order valence-electron chi connectivity index (χ4n) is 1.73. The van der Waals surface area contributed by atoms with E-state index in [1.54, 1.807) is 12.1 Å². The summed E-state index contributed by atoms with van der Waals surface area (Å²) in [5.41, 5.74) is 6.64. The van der Waals surface area contributed by atoms with Gasteiger partial charge in [0.1, 0.15) is 5.54 Å². The summed E-state index contributed by atoms with van der Waals surface area (Å²) >= 11 is 6.04. The second-order valence-corrected chi connectivity index (χ2v) is 4.80. The van der Waals surface area contributed by atoms with E-state index in [0.29, 0.717) is 23.7 Å². The molecule has 1 saturated heterocycles. The van der Waals surface area contributed by atoms with Gasteiger partial charge in [-0.15, -0.1) is 0 Å². The molecule has 1 aromatic carbocycles. The molecule has 92 valence electrons. The van der Waals surface area contributed by atoms with Crippen LogP contribution in [0.5, 0.6) is 0 Å². The lowest BCUT2D eigenvalue weighted by molar-refractivity contribution is -0.121. The van der Waals surface area contributed by atoms with Crippen LogP contribution in [0.25, 0.3) is 0 Å². The summed E-state index contributed by atoms with van der Waals surface area (Å²) < 4.78 is 5.15. The van der Waals surface area contributed by atoms with Gasteiger partial charge in [0.05, 0.1) is 17.3 Å². The fraction of sp³-hybridized carbons (Fsp3) is 0.417. The number of nitrogens with one attached hydrogen (secondary N) is 1. The van der Waals surface area contributed by atoms with Gasteiger partial charge in [0.25, 0.3) is 0 Å². The molecule has 1 fully saturated rings. The molecule has 2 rings (SSSR count). The van der Waals surface area contributed by atoms with E-state index in [-0.39, 0.29) is 12.5 Å². The Balaban J connectivity index is 2.13. The van der Waals surface area contributed by atoms with Gasteiger partial charge in [0.15, 0.2) is 0 Å². The minimum Gasteiger partial charge on any atom is -0.379 e. The number of aryl methyl sites for hydroxylation is 1. The number of amides is 1. The molecule has 5 heteroatoms. The van der Waals surface area contributed by atoms with Gasteiger partial charge in [0.2, 0.25) is 5.91 Å². The molecule has 4 nitrogen and oxygen atoms in total. The summed E-state index contributed by atoms with van der Waals surface area (Å²) in [5.74, 6) is -0.249. The van der Waals surface area contributed by atoms with Crippen LogP contribution in [-0.4, -0.2) is 24.7 Å². The van der Waals surface area contributed by atoms with Crippen LogP contribution in [0, 0.1) is 6.92 Å². The highest BCUT2D eigenvalue weighted by molar-refractivity contribution is 6.33. The SMILES string of the molecule is Cc1ccc(NC(=O)C2(N)CCOC2)c(Cl)c1. The molecule has 0 bridgehead atoms. The van der Waals surface area contributed by atoms with Crippen LogP contribution in [0.3, 0.4) is 0 Å². The maximum Gasteiger partial charge on any atom is 0.246 e. The van der Waals surface area contributed by atoms with Gasteiger partial charge in [-0.05, 0) is 31.0 Å². The Labute approximate surface area is 105 Å². The summed E-state index contributed by atoms with van der Waals surface area (Å²) in [6.45, 7) is 2.71. The van der Waals surface area contributed by atoms with E-state index in [4.69, 9.17) is 22.1 Å². The van der Waals surface area contributed by atoms with Crippen molar-refractivity contribution in [1.29, 1.82) is 0 Å². The fourth-order valence-corrected chi connectivity index (χ4v) is 2.01. The van der Waals surface area contributed by atoms with Crippen LogP contribution in [0.4, 0.5) is 5.69 Å². The van der Waals surface area contributed by atoms with Gasteiger partial charge < -0.3 is 15.8 Å². The number of carbonyl (C=O) groups excluding carboxylic acids is 1. The summed E-state index contributed by atoms with van der Waals surface area (Å²) in [7, 11) is 0. The summed E-state index contributed by atoms with van der Waals surface area (Å²) in [4.78, 5) is 12.0. The quantitative estimate of drug-likeness (QED) is 0.844. The van der Waals surface area contributed by atoms with Crippen molar-refractivity contribution in [1.82, 2.24) is 0 Å². The highest BCUT2D eigenvalue weighted by atomic mass is 35.5. The number of benzene rings is 1. The molecule has 0 aromatic heterocycles. The van der Waals surface area contributed by atoms with Gasteiger partial charge in [-0.1, -0.05) is 17.7 Å². The lowest BCUT2D eigenvalue weighted by atomic mass is 9.99. The van der Waals surface area contributed by atoms with Crippen molar-refractivity contribution in [2.45, 2.75) is 18.9 Å². The zero-order valence-corrected chi connectivity index (χ0v) is 10.4. The Kier molecular flexibility index (Phi) is 3.38. The number of carbonyl (C=O) groups is 1. The largest absolute Gasteiger partial charge is 0.379 e. The molecule has 1 aromatic rings. The Morgan fingerprint density at radius 2 is 2.35 bits per heavy atom. The number of anilines is 1. The molecule has 1 unspecified atom stereocenters. The van der Waals surface area contributed by atoms with E-state index in [0.717, 1.165) is 5.56 Å². The first-order chi connectivity index (χ1) is 8.01. The van der Waals surface area contributed by atoms with Crippen LogP contribution in [0.1, 0.15) is 12.0 Å². The topological polar surface area (TPSA) is 64.4 Å². The van der Waals surface area contributed by atoms with Gasteiger partial charge in [-0.3, -0.25) is 4.79 Å². The first kappa shape index (κ1) is 12.4. The van der Waals surface area contributed by atoms with E-state index in [9.17, 15) is 4.79 Å². The number of hydrogen-bond acceptors (Lipinski definition) is 3. The highest BCUT2D eigenvalue weighted by Crippen LogP contribution is 2.25. The van der Waals surface area contributed by atoms with Gasteiger partial charge in [-0.2, -0.15) is 0 Å². The average molecular weight is 255 g/mol. The maximum atomic E-state index is 12.0. The summed E-state index contributed by atoms with van der Waals surface area (Å²) in [6.07, 6.45) is 0.530. The Morgan fingerprint density at radius 3 is 2.94 bits per heavy atom. The Bertz CT molecular complexity index is 442. The van der Waals surface area contributed by atoms with Crippen LogP contribution in [0.15, 0.2) is 18.2 Å². The first-order valence-corrected chi connectivity index (χ1v) is 5.83.